The molecule has 0 saturated carbocycles. The minimum absolute atomic E-state index is 0.849. The second-order valence-corrected chi connectivity index (χ2v) is 6.32. The van der Waals surface area contributed by atoms with Crippen molar-refractivity contribution in [2.45, 2.75) is 0 Å². The van der Waals surface area contributed by atoms with Gasteiger partial charge in [-0.25, -0.2) is 9.98 Å². The molecule has 0 amide bonds. The molecular weight excluding hydrogens is 340 g/mol. The van der Waals surface area contributed by atoms with Crippen LogP contribution < -0.4 is 0 Å². The fourth-order valence-electron chi connectivity index (χ4n) is 2.96. The molecule has 0 saturated heterocycles. The lowest BCUT2D eigenvalue weighted by molar-refractivity contribution is 1.47. The smallest absolute Gasteiger partial charge is 0.0972 e. The summed E-state index contributed by atoms with van der Waals surface area (Å²) >= 11 is 0. The first kappa shape index (κ1) is 17.6. The molecule has 4 rings (SSSR count). The van der Waals surface area contributed by atoms with Crippen molar-refractivity contribution >= 4 is 22.8 Å². The molecule has 4 aromatic carbocycles. The summed E-state index contributed by atoms with van der Waals surface area (Å²) < 4.78 is 0. The monoisotopic (exact) mass is 360 g/mol. The van der Waals surface area contributed by atoms with E-state index in [0.717, 1.165) is 33.9 Å². The van der Waals surface area contributed by atoms with Crippen LogP contribution in [-0.2, 0) is 0 Å². The Morgan fingerprint density at radius 2 is 0.643 bits per heavy atom. The van der Waals surface area contributed by atoms with E-state index in [1.165, 1.54) is 0 Å². The number of aliphatic imine (C=N–C) groups is 2. The molecule has 0 spiro atoms. The zero-order chi connectivity index (χ0) is 19.0. The molecule has 0 N–H and O–H groups in total. The van der Waals surface area contributed by atoms with Gasteiger partial charge in [-0.2, -0.15) is 0 Å². The van der Waals surface area contributed by atoms with Gasteiger partial charge in [-0.3, -0.25) is 0 Å². The van der Waals surface area contributed by atoms with E-state index < -0.39 is 0 Å². The summed E-state index contributed by atoms with van der Waals surface area (Å²) in [5.74, 6) is 0. The van der Waals surface area contributed by atoms with Gasteiger partial charge in [-0.15, -0.1) is 0 Å². The van der Waals surface area contributed by atoms with Crippen LogP contribution >= 0.6 is 0 Å². The van der Waals surface area contributed by atoms with E-state index in [9.17, 15) is 0 Å². The molecule has 0 fully saturated rings. The first-order valence-corrected chi connectivity index (χ1v) is 9.29. The average Bonchev–Trinajstić information content (AvgIpc) is 2.79. The Labute approximate surface area is 165 Å². The molecule has 0 bridgehead atoms. The Morgan fingerprint density at radius 1 is 0.357 bits per heavy atom. The summed E-state index contributed by atoms with van der Waals surface area (Å²) in [6.45, 7) is 0. The van der Waals surface area contributed by atoms with Gasteiger partial charge in [0.05, 0.1) is 22.8 Å². The van der Waals surface area contributed by atoms with Gasteiger partial charge in [0.1, 0.15) is 0 Å². The van der Waals surface area contributed by atoms with E-state index in [4.69, 9.17) is 9.98 Å². The molecule has 2 heteroatoms. The highest BCUT2D eigenvalue weighted by molar-refractivity contribution is 6.54. The highest BCUT2D eigenvalue weighted by Gasteiger charge is 2.15. The van der Waals surface area contributed by atoms with Gasteiger partial charge in [0, 0.05) is 11.1 Å². The Bertz CT molecular complexity index is 977. The van der Waals surface area contributed by atoms with Crippen LogP contribution in [0.3, 0.4) is 0 Å². The van der Waals surface area contributed by atoms with Gasteiger partial charge >= 0.3 is 0 Å². The van der Waals surface area contributed by atoms with Gasteiger partial charge < -0.3 is 0 Å². The Hall–Kier alpha value is -3.78. The van der Waals surface area contributed by atoms with Crippen LogP contribution in [0.1, 0.15) is 11.1 Å². The molecule has 2 nitrogen and oxygen atoms in total. The maximum atomic E-state index is 4.99. The van der Waals surface area contributed by atoms with Crippen LogP contribution in [-0.4, -0.2) is 11.4 Å². The first-order chi connectivity index (χ1) is 13.9. The normalized spacial score (nSPS) is 12.0. The second kappa shape index (κ2) is 8.74. The number of benzene rings is 4. The predicted octanol–water partition coefficient (Wildman–Crippen LogP) is 6.63. The van der Waals surface area contributed by atoms with E-state index in [1.54, 1.807) is 0 Å². The number of hydrogen-bond acceptors (Lipinski definition) is 2. The van der Waals surface area contributed by atoms with Gasteiger partial charge in [0.25, 0.3) is 0 Å². The molecule has 0 heterocycles. The molecule has 0 aliphatic rings. The van der Waals surface area contributed by atoms with Crippen molar-refractivity contribution in [3.8, 4) is 0 Å². The van der Waals surface area contributed by atoms with Crippen LogP contribution in [0.5, 0.6) is 0 Å². The summed E-state index contributed by atoms with van der Waals surface area (Å²) in [5, 5.41) is 0. The molecule has 0 aliphatic heterocycles. The van der Waals surface area contributed by atoms with Gasteiger partial charge in [0.15, 0.2) is 0 Å². The minimum Gasteiger partial charge on any atom is -0.246 e. The van der Waals surface area contributed by atoms with Gasteiger partial charge in [-0.1, -0.05) is 97.1 Å². The third kappa shape index (κ3) is 4.30. The standard InChI is InChI=1S/C26H20N2/c1-5-13-21(14-6-1)25(27-23-17-9-3-10-18-23)26(22-15-7-2-8-16-22)28-24-19-11-4-12-20-24/h1-20H. The maximum Gasteiger partial charge on any atom is 0.0972 e. The third-order valence-corrected chi connectivity index (χ3v) is 4.31. The fraction of sp³-hybridized carbons (Fsp3) is 0. The molecule has 0 aromatic heterocycles. The topological polar surface area (TPSA) is 24.7 Å². The van der Waals surface area contributed by atoms with Crippen molar-refractivity contribution in [3.05, 3.63) is 132 Å². The van der Waals surface area contributed by atoms with E-state index in [-0.39, 0.29) is 0 Å². The van der Waals surface area contributed by atoms with Crippen LogP contribution in [0.15, 0.2) is 131 Å². The quantitative estimate of drug-likeness (QED) is 0.357. The van der Waals surface area contributed by atoms with Crippen molar-refractivity contribution in [2.75, 3.05) is 0 Å². The molecule has 0 aliphatic carbocycles. The van der Waals surface area contributed by atoms with Gasteiger partial charge in [-0.05, 0) is 24.3 Å². The Kier molecular flexibility index (Phi) is 5.50. The van der Waals surface area contributed by atoms with Crippen molar-refractivity contribution in [3.63, 3.8) is 0 Å². The summed E-state index contributed by atoms with van der Waals surface area (Å²) in [5.41, 5.74) is 5.56. The second-order valence-electron chi connectivity index (χ2n) is 6.32. The van der Waals surface area contributed by atoms with E-state index >= 15 is 0 Å². The number of rotatable bonds is 5. The largest absolute Gasteiger partial charge is 0.246 e. The highest BCUT2D eigenvalue weighted by Crippen LogP contribution is 2.20. The highest BCUT2D eigenvalue weighted by atomic mass is 14.8. The molecule has 134 valence electrons. The zero-order valence-electron chi connectivity index (χ0n) is 15.4. The number of para-hydroxylation sites is 2. The molecule has 28 heavy (non-hydrogen) atoms. The molecule has 0 atom stereocenters. The predicted molar refractivity (Wildman–Crippen MR) is 118 cm³/mol. The lowest BCUT2D eigenvalue weighted by atomic mass is 9.99. The van der Waals surface area contributed by atoms with E-state index in [0.29, 0.717) is 0 Å². The van der Waals surface area contributed by atoms with Crippen molar-refractivity contribution in [1.29, 1.82) is 0 Å². The third-order valence-electron chi connectivity index (χ3n) is 4.31. The number of hydrogen-bond donors (Lipinski definition) is 0. The fourth-order valence-corrected chi connectivity index (χ4v) is 2.96. The molecule has 0 radical (unpaired) electrons. The van der Waals surface area contributed by atoms with Crippen molar-refractivity contribution in [2.24, 2.45) is 9.98 Å². The first-order valence-electron chi connectivity index (χ1n) is 9.29. The summed E-state index contributed by atoms with van der Waals surface area (Å²) in [6, 6.07) is 40.5. The summed E-state index contributed by atoms with van der Waals surface area (Å²) in [7, 11) is 0. The minimum atomic E-state index is 0.849. The SMILES string of the molecule is c1ccc(N=C(C(=Nc2ccccc2)c2ccccc2)c2ccccc2)cc1. The van der Waals surface area contributed by atoms with Crippen LogP contribution in [0.2, 0.25) is 0 Å². The molecule has 4 aromatic rings. The Morgan fingerprint density at radius 3 is 0.964 bits per heavy atom. The van der Waals surface area contributed by atoms with Crippen LogP contribution in [0.4, 0.5) is 11.4 Å². The maximum absolute atomic E-state index is 4.99. The average molecular weight is 360 g/mol. The van der Waals surface area contributed by atoms with E-state index in [1.807, 2.05) is 97.1 Å². The zero-order valence-corrected chi connectivity index (χ0v) is 15.4. The van der Waals surface area contributed by atoms with Crippen LogP contribution in [0.25, 0.3) is 0 Å². The van der Waals surface area contributed by atoms with Crippen molar-refractivity contribution in [1.82, 2.24) is 0 Å². The number of nitrogens with zero attached hydrogens (tertiary/aromatic N) is 2. The molecule has 0 unspecified atom stereocenters. The van der Waals surface area contributed by atoms with Gasteiger partial charge in [0.2, 0.25) is 0 Å². The Balaban J connectivity index is 1.94. The summed E-state index contributed by atoms with van der Waals surface area (Å²) in [4.78, 5) is 9.98. The lowest BCUT2D eigenvalue weighted by Gasteiger charge is -2.12. The molecular formula is C26H20N2. The lowest BCUT2D eigenvalue weighted by Crippen LogP contribution is -2.17. The van der Waals surface area contributed by atoms with Crippen molar-refractivity contribution < 1.29 is 0 Å². The summed E-state index contributed by atoms with van der Waals surface area (Å²) in [6.07, 6.45) is 0. The van der Waals surface area contributed by atoms with E-state index in [2.05, 4.69) is 24.3 Å². The van der Waals surface area contributed by atoms with Crippen LogP contribution in [0, 0.1) is 0 Å².